The van der Waals surface area contributed by atoms with Crippen molar-refractivity contribution in [3.63, 3.8) is 0 Å². The van der Waals surface area contributed by atoms with Gasteiger partial charge in [0.1, 0.15) is 5.82 Å². The van der Waals surface area contributed by atoms with Gasteiger partial charge in [-0.05, 0) is 12.6 Å². The summed E-state index contributed by atoms with van der Waals surface area (Å²) in [5, 5.41) is 3.03. The number of benzene rings is 1. The quantitative estimate of drug-likeness (QED) is 0.770. The van der Waals surface area contributed by atoms with Crippen molar-refractivity contribution in [2.45, 2.75) is 19.4 Å². The molecule has 1 amide bonds. The van der Waals surface area contributed by atoms with E-state index in [0.29, 0.717) is 12.1 Å². The van der Waals surface area contributed by atoms with Gasteiger partial charge in [0.2, 0.25) is 5.91 Å². The number of rotatable bonds is 5. The van der Waals surface area contributed by atoms with Gasteiger partial charge in [-0.15, -0.1) is 0 Å². The fraction of sp³-hybridized carbons (Fsp3) is 0.364. The van der Waals surface area contributed by atoms with Crippen LogP contribution in [0.1, 0.15) is 24.9 Å². The molecule has 3 nitrogen and oxygen atoms in total. The van der Waals surface area contributed by atoms with Gasteiger partial charge in [-0.3, -0.25) is 4.79 Å². The van der Waals surface area contributed by atoms with Crippen molar-refractivity contribution < 1.29 is 9.18 Å². The van der Waals surface area contributed by atoms with Crippen LogP contribution in [-0.4, -0.2) is 12.5 Å². The molecule has 1 unspecified atom stereocenters. The molecular weight excluding hydrogens is 195 g/mol. The predicted octanol–water partition coefficient (Wildman–Crippen LogP) is 1.35. The summed E-state index contributed by atoms with van der Waals surface area (Å²) in [7, 11) is 0. The van der Waals surface area contributed by atoms with Gasteiger partial charge in [0.05, 0.1) is 0 Å². The first-order chi connectivity index (χ1) is 7.15. The van der Waals surface area contributed by atoms with Crippen LogP contribution in [0.3, 0.4) is 0 Å². The zero-order valence-corrected chi connectivity index (χ0v) is 8.66. The van der Waals surface area contributed by atoms with E-state index < -0.39 is 5.91 Å². The van der Waals surface area contributed by atoms with Gasteiger partial charge >= 0.3 is 0 Å². The Labute approximate surface area is 88.5 Å². The lowest BCUT2D eigenvalue weighted by atomic mass is 10.0. The zero-order chi connectivity index (χ0) is 11.3. The normalized spacial score (nSPS) is 12.4. The van der Waals surface area contributed by atoms with Gasteiger partial charge in [-0.25, -0.2) is 4.39 Å². The zero-order valence-electron chi connectivity index (χ0n) is 8.66. The minimum Gasteiger partial charge on any atom is -0.370 e. The van der Waals surface area contributed by atoms with Gasteiger partial charge in [0.25, 0.3) is 0 Å². The Kier molecular flexibility index (Phi) is 4.24. The van der Waals surface area contributed by atoms with E-state index in [0.717, 1.165) is 0 Å². The van der Waals surface area contributed by atoms with E-state index in [9.17, 15) is 9.18 Å². The van der Waals surface area contributed by atoms with Crippen LogP contribution in [0.15, 0.2) is 24.3 Å². The van der Waals surface area contributed by atoms with Crippen molar-refractivity contribution in [1.29, 1.82) is 0 Å². The highest BCUT2D eigenvalue weighted by Crippen LogP contribution is 2.19. The summed E-state index contributed by atoms with van der Waals surface area (Å²) in [4.78, 5) is 10.8. The molecule has 0 aliphatic rings. The molecule has 4 heteroatoms. The van der Waals surface area contributed by atoms with Crippen LogP contribution in [0.4, 0.5) is 4.39 Å². The van der Waals surface area contributed by atoms with Gasteiger partial charge in [0, 0.05) is 18.0 Å². The van der Waals surface area contributed by atoms with Crippen molar-refractivity contribution in [3.05, 3.63) is 35.6 Å². The van der Waals surface area contributed by atoms with Crippen LogP contribution < -0.4 is 11.1 Å². The number of hydrogen-bond donors (Lipinski definition) is 2. The lowest BCUT2D eigenvalue weighted by Gasteiger charge is -2.17. The van der Waals surface area contributed by atoms with Crippen LogP contribution in [-0.2, 0) is 4.79 Å². The monoisotopic (exact) mass is 210 g/mol. The number of carbonyl (C=O) groups excluding carboxylic acids is 1. The second-order valence-corrected chi connectivity index (χ2v) is 3.30. The fourth-order valence-corrected chi connectivity index (χ4v) is 1.50. The summed E-state index contributed by atoms with van der Waals surface area (Å²) in [5.41, 5.74) is 5.59. The molecule has 1 aromatic carbocycles. The van der Waals surface area contributed by atoms with Crippen molar-refractivity contribution in [3.8, 4) is 0 Å². The minimum atomic E-state index is -0.441. The van der Waals surface area contributed by atoms with Gasteiger partial charge in [0.15, 0.2) is 0 Å². The number of halogens is 1. The Balaban J connectivity index is 2.88. The molecule has 1 rings (SSSR count). The van der Waals surface area contributed by atoms with Crippen molar-refractivity contribution in [2.75, 3.05) is 6.54 Å². The van der Waals surface area contributed by atoms with E-state index in [2.05, 4.69) is 5.32 Å². The third-order valence-corrected chi connectivity index (χ3v) is 2.14. The second kappa shape index (κ2) is 5.46. The highest BCUT2D eigenvalue weighted by molar-refractivity contribution is 5.74. The molecule has 0 radical (unpaired) electrons. The van der Waals surface area contributed by atoms with Crippen molar-refractivity contribution in [2.24, 2.45) is 5.73 Å². The van der Waals surface area contributed by atoms with Crippen LogP contribution in [0.25, 0.3) is 0 Å². The molecule has 0 aromatic heterocycles. The standard InChI is InChI=1S/C11H15FN2O/c1-2-14-10(7-11(13)15)8-5-3-4-6-9(8)12/h3-6,10,14H,2,7H2,1H3,(H2,13,15). The molecule has 1 atom stereocenters. The van der Waals surface area contributed by atoms with E-state index in [1.165, 1.54) is 6.07 Å². The van der Waals surface area contributed by atoms with Crippen LogP contribution in [0.2, 0.25) is 0 Å². The number of hydrogen-bond acceptors (Lipinski definition) is 2. The van der Waals surface area contributed by atoms with Gasteiger partial charge < -0.3 is 11.1 Å². The molecule has 0 bridgehead atoms. The van der Waals surface area contributed by atoms with Gasteiger partial charge in [-0.1, -0.05) is 25.1 Å². The Hall–Kier alpha value is -1.42. The Morgan fingerprint density at radius 2 is 2.20 bits per heavy atom. The van der Waals surface area contributed by atoms with Crippen LogP contribution in [0, 0.1) is 5.82 Å². The predicted molar refractivity (Wildman–Crippen MR) is 56.6 cm³/mol. The summed E-state index contributed by atoms with van der Waals surface area (Å²) < 4.78 is 13.4. The average Bonchev–Trinajstić information content (AvgIpc) is 2.17. The smallest absolute Gasteiger partial charge is 0.219 e. The molecular formula is C11H15FN2O. The van der Waals surface area contributed by atoms with Gasteiger partial charge in [-0.2, -0.15) is 0 Å². The summed E-state index contributed by atoms with van der Waals surface area (Å²) in [5.74, 6) is -0.756. The van der Waals surface area contributed by atoms with Crippen LogP contribution >= 0.6 is 0 Å². The summed E-state index contributed by atoms with van der Waals surface area (Å²) in [6.07, 6.45) is 0.106. The van der Waals surface area contributed by atoms with E-state index in [4.69, 9.17) is 5.73 Å². The maximum absolute atomic E-state index is 13.4. The Morgan fingerprint density at radius 1 is 1.53 bits per heavy atom. The van der Waals surface area contributed by atoms with Crippen LogP contribution in [0.5, 0.6) is 0 Å². The topological polar surface area (TPSA) is 55.1 Å². The molecule has 1 aromatic rings. The third kappa shape index (κ3) is 3.32. The summed E-state index contributed by atoms with van der Waals surface area (Å²) in [6.45, 7) is 2.56. The van der Waals surface area contributed by atoms with E-state index >= 15 is 0 Å². The molecule has 0 aliphatic heterocycles. The Morgan fingerprint density at radius 3 is 2.73 bits per heavy atom. The largest absolute Gasteiger partial charge is 0.370 e. The molecule has 0 saturated carbocycles. The lowest BCUT2D eigenvalue weighted by molar-refractivity contribution is -0.118. The number of nitrogens with two attached hydrogens (primary N) is 1. The molecule has 82 valence electrons. The highest BCUT2D eigenvalue weighted by atomic mass is 19.1. The molecule has 0 heterocycles. The summed E-state index contributed by atoms with van der Waals surface area (Å²) in [6, 6.07) is 6.05. The first kappa shape index (κ1) is 11.7. The lowest BCUT2D eigenvalue weighted by Crippen LogP contribution is -2.27. The summed E-state index contributed by atoms with van der Waals surface area (Å²) >= 11 is 0. The van der Waals surface area contributed by atoms with Crippen molar-refractivity contribution in [1.82, 2.24) is 5.32 Å². The third-order valence-electron chi connectivity index (χ3n) is 2.14. The average molecular weight is 210 g/mol. The SMILES string of the molecule is CCNC(CC(N)=O)c1ccccc1F. The minimum absolute atomic E-state index is 0.106. The fourth-order valence-electron chi connectivity index (χ4n) is 1.50. The molecule has 0 fully saturated rings. The second-order valence-electron chi connectivity index (χ2n) is 3.30. The molecule has 0 spiro atoms. The number of primary amides is 1. The molecule has 3 N–H and O–H groups in total. The number of amides is 1. The van der Waals surface area contributed by atoms with Crippen molar-refractivity contribution >= 4 is 5.91 Å². The molecule has 15 heavy (non-hydrogen) atoms. The first-order valence-corrected chi connectivity index (χ1v) is 4.91. The number of nitrogens with one attached hydrogen (secondary N) is 1. The molecule has 0 saturated heterocycles. The highest BCUT2D eigenvalue weighted by Gasteiger charge is 2.16. The van der Waals surface area contributed by atoms with E-state index in [-0.39, 0.29) is 18.3 Å². The van der Waals surface area contributed by atoms with E-state index in [1.807, 2.05) is 6.92 Å². The Bertz CT molecular complexity index is 341. The maximum atomic E-state index is 13.4. The maximum Gasteiger partial charge on any atom is 0.219 e. The van der Waals surface area contributed by atoms with E-state index in [1.54, 1.807) is 18.2 Å². The first-order valence-electron chi connectivity index (χ1n) is 4.91. The molecule has 0 aliphatic carbocycles. The number of carbonyl (C=O) groups is 1.